The predicted octanol–water partition coefficient (Wildman–Crippen LogP) is 4.05. The molecule has 0 spiro atoms. The predicted molar refractivity (Wildman–Crippen MR) is 101 cm³/mol. The lowest BCUT2D eigenvalue weighted by Crippen LogP contribution is -2.20. The van der Waals surface area contributed by atoms with Crippen LogP contribution < -0.4 is 10.3 Å². The van der Waals surface area contributed by atoms with Crippen LogP contribution in [0.25, 0.3) is 27.8 Å². The van der Waals surface area contributed by atoms with E-state index in [1.807, 2.05) is 36.5 Å². The number of nitrogens with one attached hydrogen (secondary N) is 2. The fourth-order valence-electron chi connectivity index (χ4n) is 2.90. The minimum atomic E-state index is -0.189. The van der Waals surface area contributed by atoms with Crippen molar-refractivity contribution in [2.24, 2.45) is 0 Å². The van der Waals surface area contributed by atoms with Crippen molar-refractivity contribution >= 4 is 23.3 Å². The fourth-order valence-corrected chi connectivity index (χ4v) is 3.19. The third-order valence-electron chi connectivity index (χ3n) is 4.15. The summed E-state index contributed by atoms with van der Waals surface area (Å²) in [6, 6.07) is 17.1. The highest BCUT2D eigenvalue weighted by Crippen LogP contribution is 2.25. The lowest BCUT2D eigenvalue weighted by atomic mass is 10.1. The van der Waals surface area contributed by atoms with Crippen molar-refractivity contribution in [3.8, 4) is 22.6 Å². The number of benzene rings is 2. The molecule has 25 heavy (non-hydrogen) atoms. The van der Waals surface area contributed by atoms with Crippen LogP contribution in [0.2, 0.25) is 0 Å². The molecular weight excluding hydrogens is 334 g/mol. The van der Waals surface area contributed by atoms with Gasteiger partial charge in [-0.2, -0.15) is 0 Å². The number of aromatic amines is 2. The van der Waals surface area contributed by atoms with E-state index in [0.29, 0.717) is 21.5 Å². The number of nitrogens with zero attached hydrogens (tertiary/aromatic N) is 1. The summed E-state index contributed by atoms with van der Waals surface area (Å²) in [5, 5.41) is 0. The maximum absolute atomic E-state index is 13.0. The molecule has 5 nitrogen and oxygen atoms in total. The summed E-state index contributed by atoms with van der Waals surface area (Å²) < 4.78 is 6.98. The number of hydrogen-bond donors (Lipinski definition) is 2. The summed E-state index contributed by atoms with van der Waals surface area (Å²) in [7, 11) is 1.60. The molecule has 4 aromatic rings. The molecule has 0 aliphatic carbocycles. The van der Waals surface area contributed by atoms with Crippen LogP contribution in [0.15, 0.2) is 65.6 Å². The zero-order valence-corrected chi connectivity index (χ0v) is 14.3. The Hall–Kier alpha value is -3.12. The highest BCUT2D eigenvalue weighted by molar-refractivity contribution is 7.71. The molecule has 2 aromatic heterocycles. The van der Waals surface area contributed by atoms with Crippen molar-refractivity contribution in [1.82, 2.24) is 14.5 Å². The Bertz CT molecular complexity index is 1160. The Balaban J connectivity index is 1.94. The quantitative estimate of drug-likeness (QED) is 0.549. The maximum atomic E-state index is 13.0. The molecular formula is C19H15N3O2S. The second-order valence-electron chi connectivity index (χ2n) is 5.59. The Labute approximate surface area is 148 Å². The maximum Gasteiger partial charge on any atom is 0.283 e. The number of rotatable bonds is 3. The Morgan fingerprint density at radius 3 is 2.40 bits per heavy atom. The van der Waals surface area contributed by atoms with E-state index in [4.69, 9.17) is 17.0 Å². The number of hydrogen-bond acceptors (Lipinski definition) is 3. The lowest BCUT2D eigenvalue weighted by molar-refractivity contribution is 0.414. The van der Waals surface area contributed by atoms with E-state index >= 15 is 0 Å². The van der Waals surface area contributed by atoms with Crippen LogP contribution >= 0.6 is 12.2 Å². The molecule has 0 unspecified atom stereocenters. The van der Waals surface area contributed by atoms with Crippen molar-refractivity contribution in [3.63, 3.8) is 0 Å². The minimum absolute atomic E-state index is 0.189. The Morgan fingerprint density at radius 1 is 1.00 bits per heavy atom. The van der Waals surface area contributed by atoms with Crippen molar-refractivity contribution in [2.45, 2.75) is 0 Å². The molecule has 2 heterocycles. The largest absolute Gasteiger partial charge is 0.497 e. The topological polar surface area (TPSA) is 62.8 Å². The standard InChI is InChI=1S/C19H15N3O2S/c1-24-14-9-7-13(8-10-14)22-18(23)17-16(21-19(22)25)15(11-20-17)12-5-3-2-4-6-12/h2-11,20H,1H3,(H,21,25). The van der Waals surface area contributed by atoms with Gasteiger partial charge in [-0.3, -0.25) is 9.36 Å². The lowest BCUT2D eigenvalue weighted by Gasteiger charge is -2.08. The zero-order valence-electron chi connectivity index (χ0n) is 13.4. The van der Waals surface area contributed by atoms with Crippen LogP contribution in [0, 0.1) is 4.77 Å². The molecule has 0 saturated carbocycles. The van der Waals surface area contributed by atoms with Gasteiger partial charge in [0.25, 0.3) is 5.56 Å². The molecule has 6 heteroatoms. The van der Waals surface area contributed by atoms with Crippen LogP contribution in [-0.4, -0.2) is 21.6 Å². The normalized spacial score (nSPS) is 10.9. The van der Waals surface area contributed by atoms with Gasteiger partial charge in [-0.15, -0.1) is 0 Å². The van der Waals surface area contributed by atoms with Gasteiger partial charge in [-0.25, -0.2) is 0 Å². The molecule has 0 radical (unpaired) electrons. The monoisotopic (exact) mass is 349 g/mol. The molecule has 0 bridgehead atoms. The highest BCUT2D eigenvalue weighted by Gasteiger charge is 2.13. The van der Waals surface area contributed by atoms with E-state index in [9.17, 15) is 4.79 Å². The molecule has 0 amide bonds. The summed E-state index contributed by atoms with van der Waals surface area (Å²) in [4.78, 5) is 19.2. The summed E-state index contributed by atoms with van der Waals surface area (Å²) in [6.07, 6.45) is 1.82. The van der Waals surface area contributed by atoms with Crippen LogP contribution in [0.4, 0.5) is 0 Å². The van der Waals surface area contributed by atoms with Crippen molar-refractivity contribution in [3.05, 3.63) is 75.9 Å². The van der Waals surface area contributed by atoms with Crippen molar-refractivity contribution in [2.75, 3.05) is 7.11 Å². The molecule has 124 valence electrons. The number of ether oxygens (including phenoxy) is 1. The van der Waals surface area contributed by atoms with E-state index in [1.165, 1.54) is 4.57 Å². The van der Waals surface area contributed by atoms with Crippen LogP contribution in [0.1, 0.15) is 0 Å². The molecule has 0 fully saturated rings. The summed E-state index contributed by atoms with van der Waals surface area (Å²) in [5.41, 5.74) is 3.63. The number of methoxy groups -OCH3 is 1. The third-order valence-corrected chi connectivity index (χ3v) is 4.43. The summed E-state index contributed by atoms with van der Waals surface area (Å²) >= 11 is 5.45. The van der Waals surface area contributed by atoms with Gasteiger partial charge in [0.1, 0.15) is 11.3 Å². The van der Waals surface area contributed by atoms with E-state index in [0.717, 1.165) is 16.9 Å². The zero-order chi connectivity index (χ0) is 17.4. The number of H-pyrrole nitrogens is 2. The van der Waals surface area contributed by atoms with Crippen LogP contribution in [0.3, 0.4) is 0 Å². The molecule has 4 rings (SSSR count). The van der Waals surface area contributed by atoms with Gasteiger partial charge in [0.2, 0.25) is 0 Å². The SMILES string of the molecule is COc1ccc(-n2c(=S)[nH]c3c(-c4ccccc4)c[nH]c3c2=O)cc1. The van der Waals surface area contributed by atoms with Crippen molar-refractivity contribution in [1.29, 1.82) is 0 Å². The highest BCUT2D eigenvalue weighted by atomic mass is 32.1. The average molecular weight is 349 g/mol. The second kappa shape index (κ2) is 6.07. The van der Waals surface area contributed by atoms with E-state index in [1.54, 1.807) is 31.4 Å². The van der Waals surface area contributed by atoms with Gasteiger partial charge in [-0.1, -0.05) is 30.3 Å². The van der Waals surface area contributed by atoms with Crippen molar-refractivity contribution < 1.29 is 4.74 Å². The Morgan fingerprint density at radius 2 is 1.72 bits per heavy atom. The number of fused-ring (bicyclic) bond motifs is 1. The second-order valence-corrected chi connectivity index (χ2v) is 5.97. The van der Waals surface area contributed by atoms with Gasteiger partial charge in [-0.05, 0) is 42.0 Å². The smallest absolute Gasteiger partial charge is 0.283 e. The van der Waals surface area contributed by atoms with Gasteiger partial charge in [0.05, 0.1) is 18.3 Å². The van der Waals surface area contributed by atoms with Crippen LogP contribution in [-0.2, 0) is 0 Å². The van der Waals surface area contributed by atoms with E-state index in [2.05, 4.69) is 9.97 Å². The van der Waals surface area contributed by atoms with E-state index in [-0.39, 0.29) is 5.56 Å². The number of aromatic nitrogens is 3. The molecule has 0 aliphatic rings. The van der Waals surface area contributed by atoms with Crippen LogP contribution in [0.5, 0.6) is 5.75 Å². The first-order chi connectivity index (χ1) is 12.2. The molecule has 0 saturated heterocycles. The van der Waals surface area contributed by atoms with Gasteiger partial charge < -0.3 is 14.7 Å². The molecule has 2 N–H and O–H groups in total. The first-order valence-corrected chi connectivity index (χ1v) is 8.16. The fraction of sp³-hybridized carbons (Fsp3) is 0.0526. The molecule has 0 atom stereocenters. The summed E-state index contributed by atoms with van der Waals surface area (Å²) in [5.74, 6) is 0.721. The van der Waals surface area contributed by atoms with Gasteiger partial charge >= 0.3 is 0 Å². The van der Waals surface area contributed by atoms with Gasteiger partial charge in [0.15, 0.2) is 4.77 Å². The first kappa shape index (κ1) is 15.4. The third kappa shape index (κ3) is 2.56. The summed E-state index contributed by atoms with van der Waals surface area (Å²) in [6.45, 7) is 0. The van der Waals surface area contributed by atoms with Gasteiger partial charge in [0, 0.05) is 11.8 Å². The Kier molecular flexibility index (Phi) is 3.74. The molecule has 0 aliphatic heterocycles. The average Bonchev–Trinajstić information content (AvgIpc) is 3.07. The minimum Gasteiger partial charge on any atom is -0.497 e. The van der Waals surface area contributed by atoms with E-state index < -0.39 is 0 Å². The first-order valence-electron chi connectivity index (χ1n) is 7.75. The molecule has 2 aromatic carbocycles.